The maximum Gasteiger partial charge on any atom is 0.253 e. The molecule has 1 N–H and O–H groups in total. The van der Waals surface area contributed by atoms with Crippen LogP contribution in [0.2, 0.25) is 5.02 Å². The fraction of sp³-hybridized carbons (Fsp3) is 0.417. The van der Waals surface area contributed by atoms with E-state index >= 15 is 0 Å². The summed E-state index contributed by atoms with van der Waals surface area (Å²) in [6.07, 6.45) is 1.92. The summed E-state index contributed by atoms with van der Waals surface area (Å²) in [4.78, 5) is 27.9. The largest absolute Gasteiger partial charge is 0.497 e. The molecule has 3 rings (SSSR count). The molecule has 0 aliphatic carbocycles. The predicted molar refractivity (Wildman–Crippen MR) is 121 cm³/mol. The van der Waals surface area contributed by atoms with Crippen LogP contribution < -0.4 is 14.8 Å². The summed E-state index contributed by atoms with van der Waals surface area (Å²) in [7, 11) is 3.19. The van der Waals surface area contributed by atoms with Crippen molar-refractivity contribution in [2.75, 3.05) is 33.9 Å². The van der Waals surface area contributed by atoms with E-state index in [0.29, 0.717) is 41.7 Å². The molecular weight excluding hydrogens is 416 g/mol. The number of hydrogen-bond donors (Lipinski definition) is 1. The molecule has 2 amide bonds. The number of ether oxygens (including phenoxy) is 2. The van der Waals surface area contributed by atoms with Crippen LogP contribution in [0, 0.1) is 5.92 Å². The third-order valence-corrected chi connectivity index (χ3v) is 5.92. The van der Waals surface area contributed by atoms with Gasteiger partial charge in [-0.15, -0.1) is 0 Å². The number of halogens is 1. The molecular formula is C24H29ClN2O4. The fourth-order valence-electron chi connectivity index (χ4n) is 4.00. The first-order valence-electron chi connectivity index (χ1n) is 10.5. The van der Waals surface area contributed by atoms with Crippen LogP contribution in [0.15, 0.2) is 42.5 Å². The molecule has 6 nitrogen and oxygen atoms in total. The van der Waals surface area contributed by atoms with E-state index in [1.165, 1.54) is 0 Å². The van der Waals surface area contributed by atoms with E-state index in [1.54, 1.807) is 43.4 Å². The Bertz CT molecular complexity index is 934. The van der Waals surface area contributed by atoms with Crippen molar-refractivity contribution in [3.05, 3.63) is 58.6 Å². The number of nitrogens with zero attached hydrogens (tertiary/aromatic N) is 1. The van der Waals surface area contributed by atoms with E-state index < -0.39 is 0 Å². The molecule has 2 unspecified atom stereocenters. The highest BCUT2D eigenvalue weighted by atomic mass is 35.5. The van der Waals surface area contributed by atoms with Gasteiger partial charge in [-0.1, -0.05) is 37.1 Å². The summed E-state index contributed by atoms with van der Waals surface area (Å²) in [5.41, 5.74) is 1.40. The van der Waals surface area contributed by atoms with Crippen molar-refractivity contribution >= 4 is 23.4 Å². The van der Waals surface area contributed by atoms with Gasteiger partial charge in [0.15, 0.2) is 0 Å². The van der Waals surface area contributed by atoms with Gasteiger partial charge >= 0.3 is 0 Å². The number of methoxy groups -OCH3 is 2. The summed E-state index contributed by atoms with van der Waals surface area (Å²) in [6, 6.07) is 12.5. The Labute approximate surface area is 188 Å². The maximum atomic E-state index is 13.1. The number of benzene rings is 2. The minimum atomic E-state index is -0.373. The van der Waals surface area contributed by atoms with Crippen molar-refractivity contribution in [2.24, 2.45) is 5.92 Å². The fourth-order valence-corrected chi connectivity index (χ4v) is 4.19. The second-order valence-corrected chi connectivity index (χ2v) is 8.12. The smallest absolute Gasteiger partial charge is 0.253 e. The van der Waals surface area contributed by atoms with Crippen molar-refractivity contribution in [3.63, 3.8) is 0 Å². The Kier molecular flexibility index (Phi) is 7.80. The Morgan fingerprint density at radius 2 is 1.94 bits per heavy atom. The molecule has 1 fully saturated rings. The van der Waals surface area contributed by atoms with Crippen LogP contribution in [0.3, 0.4) is 0 Å². The number of carbonyl (C=O) groups excluding carboxylic acids is 2. The van der Waals surface area contributed by atoms with E-state index in [-0.39, 0.29) is 23.7 Å². The van der Waals surface area contributed by atoms with Crippen molar-refractivity contribution in [3.8, 4) is 11.5 Å². The molecule has 0 bridgehead atoms. The monoisotopic (exact) mass is 444 g/mol. The van der Waals surface area contributed by atoms with E-state index in [4.69, 9.17) is 21.1 Å². The zero-order chi connectivity index (χ0) is 22.4. The molecule has 2 atom stereocenters. The second-order valence-electron chi connectivity index (χ2n) is 7.69. The van der Waals surface area contributed by atoms with Crippen LogP contribution in [0.4, 0.5) is 0 Å². The normalized spacial score (nSPS) is 18.0. The topological polar surface area (TPSA) is 67.9 Å². The average Bonchev–Trinajstić information content (AvgIpc) is 3.23. The third kappa shape index (κ3) is 5.31. The highest BCUT2D eigenvalue weighted by Gasteiger charge is 2.41. The van der Waals surface area contributed by atoms with E-state index in [1.807, 2.05) is 18.2 Å². The number of nitrogens with one attached hydrogen (secondary N) is 1. The van der Waals surface area contributed by atoms with Crippen molar-refractivity contribution < 1.29 is 19.1 Å². The number of unbranched alkanes of at least 4 members (excludes halogenated alkanes) is 1. The lowest BCUT2D eigenvalue weighted by atomic mass is 9.87. The predicted octanol–water partition coefficient (Wildman–Crippen LogP) is 4.13. The number of rotatable bonds is 8. The molecule has 0 saturated carbocycles. The van der Waals surface area contributed by atoms with Gasteiger partial charge < -0.3 is 19.7 Å². The highest BCUT2D eigenvalue weighted by Crippen LogP contribution is 2.39. The Hall–Kier alpha value is -2.73. The van der Waals surface area contributed by atoms with Gasteiger partial charge in [0.25, 0.3) is 5.91 Å². The van der Waals surface area contributed by atoms with Gasteiger partial charge in [0.05, 0.1) is 20.1 Å². The SMILES string of the molecule is CCCCNC(=O)C1CN(C(=O)c2cccc(Cl)c2)CC1c1ccc(OC)cc1OC. The van der Waals surface area contributed by atoms with Gasteiger partial charge in [-0.3, -0.25) is 9.59 Å². The third-order valence-electron chi connectivity index (χ3n) is 5.69. The van der Waals surface area contributed by atoms with Gasteiger partial charge in [0, 0.05) is 47.8 Å². The van der Waals surface area contributed by atoms with Gasteiger partial charge in [0.1, 0.15) is 11.5 Å². The molecule has 0 spiro atoms. The molecule has 1 aliphatic heterocycles. The van der Waals surface area contributed by atoms with Crippen LogP contribution in [-0.4, -0.2) is 50.6 Å². The van der Waals surface area contributed by atoms with E-state index in [9.17, 15) is 9.59 Å². The Morgan fingerprint density at radius 3 is 2.61 bits per heavy atom. The Morgan fingerprint density at radius 1 is 1.13 bits per heavy atom. The lowest BCUT2D eigenvalue weighted by Crippen LogP contribution is -2.36. The van der Waals surface area contributed by atoms with Crippen LogP contribution in [0.1, 0.15) is 41.6 Å². The lowest BCUT2D eigenvalue weighted by molar-refractivity contribution is -0.124. The van der Waals surface area contributed by atoms with E-state index in [0.717, 1.165) is 18.4 Å². The minimum Gasteiger partial charge on any atom is -0.497 e. The number of likely N-dealkylation sites (tertiary alicyclic amines) is 1. The van der Waals surface area contributed by atoms with Crippen molar-refractivity contribution in [1.29, 1.82) is 0 Å². The molecule has 7 heteroatoms. The maximum absolute atomic E-state index is 13.1. The molecule has 0 radical (unpaired) electrons. The zero-order valence-electron chi connectivity index (χ0n) is 18.2. The van der Waals surface area contributed by atoms with Gasteiger partial charge in [-0.2, -0.15) is 0 Å². The molecule has 166 valence electrons. The number of carbonyl (C=O) groups is 2. The van der Waals surface area contributed by atoms with Crippen LogP contribution in [0.25, 0.3) is 0 Å². The number of hydrogen-bond acceptors (Lipinski definition) is 4. The molecule has 2 aromatic rings. The standard InChI is InChI=1S/C24H29ClN2O4/c1-4-5-11-26-23(28)21-15-27(24(29)16-7-6-8-17(25)12-16)14-20(21)19-10-9-18(30-2)13-22(19)31-3/h6-10,12-13,20-21H,4-5,11,14-15H2,1-3H3,(H,26,28). The first kappa shape index (κ1) is 22.9. The van der Waals surface area contributed by atoms with Gasteiger partial charge in [-0.05, 0) is 30.7 Å². The summed E-state index contributed by atoms with van der Waals surface area (Å²) >= 11 is 6.08. The summed E-state index contributed by atoms with van der Waals surface area (Å²) in [5.74, 6) is 0.580. The molecule has 1 aliphatic rings. The zero-order valence-corrected chi connectivity index (χ0v) is 18.9. The number of amides is 2. The second kappa shape index (κ2) is 10.5. The van der Waals surface area contributed by atoms with Gasteiger partial charge in [-0.25, -0.2) is 0 Å². The highest BCUT2D eigenvalue weighted by molar-refractivity contribution is 6.30. The lowest BCUT2D eigenvalue weighted by Gasteiger charge is -2.21. The molecule has 0 aromatic heterocycles. The summed E-state index contributed by atoms with van der Waals surface area (Å²) < 4.78 is 10.9. The van der Waals surface area contributed by atoms with E-state index in [2.05, 4.69) is 12.2 Å². The molecule has 2 aromatic carbocycles. The molecule has 1 saturated heterocycles. The van der Waals surface area contributed by atoms with Crippen LogP contribution in [0.5, 0.6) is 11.5 Å². The first-order chi connectivity index (χ1) is 15.0. The van der Waals surface area contributed by atoms with Crippen LogP contribution >= 0.6 is 11.6 Å². The quantitative estimate of drug-likeness (QED) is 0.621. The van der Waals surface area contributed by atoms with Crippen LogP contribution in [-0.2, 0) is 4.79 Å². The van der Waals surface area contributed by atoms with Gasteiger partial charge in [0.2, 0.25) is 5.91 Å². The Balaban J connectivity index is 1.90. The average molecular weight is 445 g/mol. The summed E-state index contributed by atoms with van der Waals surface area (Å²) in [6.45, 7) is 3.46. The minimum absolute atomic E-state index is 0.0438. The summed E-state index contributed by atoms with van der Waals surface area (Å²) in [5, 5.41) is 3.54. The molecule has 1 heterocycles. The molecule has 31 heavy (non-hydrogen) atoms. The van der Waals surface area contributed by atoms with Crippen molar-refractivity contribution in [2.45, 2.75) is 25.7 Å². The van der Waals surface area contributed by atoms with Crippen molar-refractivity contribution in [1.82, 2.24) is 10.2 Å². The first-order valence-corrected chi connectivity index (χ1v) is 10.9.